The van der Waals surface area contributed by atoms with E-state index >= 15 is 0 Å². The molecule has 10 heteroatoms. The molecule has 0 radical (unpaired) electrons. The van der Waals surface area contributed by atoms with E-state index in [4.69, 9.17) is 9.90 Å². The third-order valence-corrected chi connectivity index (χ3v) is 4.67. The molecule has 1 aliphatic rings. The van der Waals surface area contributed by atoms with Crippen molar-refractivity contribution in [3.05, 3.63) is 36.2 Å². The molecule has 2 aromatic rings. The van der Waals surface area contributed by atoms with Gasteiger partial charge in [0.25, 0.3) is 5.91 Å². The molecule has 0 bridgehead atoms. The van der Waals surface area contributed by atoms with Crippen molar-refractivity contribution in [3.8, 4) is 0 Å². The van der Waals surface area contributed by atoms with Crippen molar-refractivity contribution in [2.45, 2.75) is 45.0 Å². The summed E-state index contributed by atoms with van der Waals surface area (Å²) in [5.74, 6) is -2.94. The summed E-state index contributed by atoms with van der Waals surface area (Å²) in [7, 11) is 0. The number of anilines is 1. The molecular weight excluding hydrogens is 403 g/mol. The van der Waals surface area contributed by atoms with Gasteiger partial charge in [-0.25, -0.2) is 4.79 Å². The van der Waals surface area contributed by atoms with Gasteiger partial charge in [-0.2, -0.15) is 13.2 Å². The van der Waals surface area contributed by atoms with E-state index in [0.29, 0.717) is 6.54 Å². The fraction of sp³-hybridized carbons (Fsp3) is 0.450. The summed E-state index contributed by atoms with van der Waals surface area (Å²) in [6.07, 6.45) is -0.305. The van der Waals surface area contributed by atoms with Gasteiger partial charge in [0.05, 0.1) is 0 Å². The maximum atomic E-state index is 12.0. The molecule has 0 saturated carbocycles. The van der Waals surface area contributed by atoms with E-state index in [2.05, 4.69) is 29.4 Å². The van der Waals surface area contributed by atoms with Gasteiger partial charge in [0.2, 0.25) is 0 Å². The number of aryl methyl sites for hydroxylation is 1. The Bertz CT molecular complexity index is 897. The molecule has 3 N–H and O–H groups in total. The zero-order chi connectivity index (χ0) is 22.5. The van der Waals surface area contributed by atoms with E-state index in [9.17, 15) is 23.1 Å². The summed E-state index contributed by atoms with van der Waals surface area (Å²) in [6, 6.07) is 6.35. The normalized spacial score (nSPS) is 17.7. The van der Waals surface area contributed by atoms with Gasteiger partial charge in [0, 0.05) is 48.0 Å². The van der Waals surface area contributed by atoms with Crippen molar-refractivity contribution in [2.75, 3.05) is 18.4 Å². The second-order valence-corrected chi connectivity index (χ2v) is 7.11. The Balaban J connectivity index is 0.000000396. The van der Waals surface area contributed by atoms with Crippen molar-refractivity contribution in [1.82, 2.24) is 9.88 Å². The molecule has 1 saturated heterocycles. The Hall–Kier alpha value is -2.88. The van der Waals surface area contributed by atoms with Gasteiger partial charge in [0.15, 0.2) is 0 Å². The van der Waals surface area contributed by atoms with E-state index in [1.807, 2.05) is 18.5 Å². The number of carbonyl (C=O) groups excluding carboxylic acids is 1. The fourth-order valence-corrected chi connectivity index (χ4v) is 3.31. The minimum absolute atomic E-state index is 0.185. The highest BCUT2D eigenvalue weighted by Crippen LogP contribution is 2.27. The van der Waals surface area contributed by atoms with Crippen LogP contribution in [-0.2, 0) is 9.59 Å². The summed E-state index contributed by atoms with van der Waals surface area (Å²) in [5, 5.41) is 22.5. The van der Waals surface area contributed by atoms with Crippen molar-refractivity contribution in [2.24, 2.45) is 0 Å². The third-order valence-electron chi connectivity index (χ3n) is 4.67. The van der Waals surface area contributed by atoms with Crippen LogP contribution < -0.4 is 5.32 Å². The van der Waals surface area contributed by atoms with E-state index in [0.717, 1.165) is 36.0 Å². The minimum Gasteiger partial charge on any atom is -0.475 e. The number of rotatable bonds is 3. The van der Waals surface area contributed by atoms with Gasteiger partial charge < -0.3 is 20.4 Å². The molecule has 1 aromatic heterocycles. The van der Waals surface area contributed by atoms with Gasteiger partial charge >= 0.3 is 12.1 Å². The summed E-state index contributed by atoms with van der Waals surface area (Å²) in [6.45, 7) is 4.94. The lowest BCUT2D eigenvalue weighted by molar-refractivity contribution is -0.192. The second kappa shape index (κ2) is 9.75. The summed E-state index contributed by atoms with van der Waals surface area (Å²) in [5.41, 5.74) is 2.22. The maximum absolute atomic E-state index is 12.0. The van der Waals surface area contributed by atoms with E-state index in [1.165, 1.54) is 12.3 Å². The highest BCUT2D eigenvalue weighted by Gasteiger charge is 2.38. The van der Waals surface area contributed by atoms with Crippen molar-refractivity contribution >= 4 is 28.3 Å². The van der Waals surface area contributed by atoms with Crippen LogP contribution in [0.15, 0.2) is 30.6 Å². The predicted molar refractivity (Wildman–Crippen MR) is 105 cm³/mol. The average molecular weight is 427 g/mol. The lowest BCUT2D eigenvalue weighted by Crippen LogP contribution is -2.48. The molecule has 1 unspecified atom stereocenters. The zero-order valence-corrected chi connectivity index (χ0v) is 16.6. The van der Waals surface area contributed by atoms with Crippen LogP contribution in [0.4, 0.5) is 18.9 Å². The Morgan fingerprint density at radius 3 is 2.57 bits per heavy atom. The number of amides is 1. The number of aromatic nitrogens is 1. The summed E-state index contributed by atoms with van der Waals surface area (Å²) in [4.78, 5) is 26.9. The Labute approximate surface area is 171 Å². The van der Waals surface area contributed by atoms with E-state index in [-0.39, 0.29) is 11.9 Å². The van der Waals surface area contributed by atoms with E-state index < -0.39 is 18.2 Å². The number of aliphatic hydroxyl groups excluding tert-OH is 1. The highest BCUT2D eigenvalue weighted by molar-refractivity contribution is 5.95. The number of carbonyl (C=O) groups is 2. The quantitative estimate of drug-likeness (QED) is 0.696. The van der Waals surface area contributed by atoms with Crippen LogP contribution in [0.3, 0.4) is 0 Å². The molecule has 1 aliphatic heterocycles. The molecule has 2 heterocycles. The van der Waals surface area contributed by atoms with Gasteiger partial charge in [-0.3, -0.25) is 9.78 Å². The standard InChI is InChI=1S/C18H23N3O2.C2HF3O2/c1-12-9-19-10-14-5-3-7-16(17(12)14)20-15-6-4-8-21(11-15)18(23)13(2)22;3-2(4,5)1(6)7/h3,5,7,9-10,13,15,20,22H,4,6,8,11H2,1-2H3;(H,6,7)/t13-,15?;/m0./s1. The van der Waals surface area contributed by atoms with Crippen molar-refractivity contribution in [1.29, 1.82) is 0 Å². The number of aliphatic carboxylic acids is 1. The zero-order valence-electron chi connectivity index (χ0n) is 16.6. The maximum Gasteiger partial charge on any atom is 0.490 e. The van der Waals surface area contributed by atoms with Crippen molar-refractivity contribution in [3.63, 3.8) is 0 Å². The van der Waals surface area contributed by atoms with Crippen LogP contribution >= 0.6 is 0 Å². The number of alkyl halides is 3. The number of carboxylic acids is 1. The van der Waals surface area contributed by atoms with Crippen molar-refractivity contribution < 1.29 is 33.0 Å². The molecule has 164 valence electrons. The molecule has 0 aliphatic carbocycles. The highest BCUT2D eigenvalue weighted by atomic mass is 19.4. The number of hydrogen-bond donors (Lipinski definition) is 3. The fourth-order valence-electron chi connectivity index (χ4n) is 3.31. The number of piperidine rings is 1. The molecule has 2 atom stereocenters. The van der Waals surface area contributed by atoms with Crippen LogP contribution in [0.5, 0.6) is 0 Å². The lowest BCUT2D eigenvalue weighted by Gasteiger charge is -2.34. The lowest BCUT2D eigenvalue weighted by atomic mass is 10.0. The number of nitrogens with one attached hydrogen (secondary N) is 1. The molecule has 1 amide bonds. The molecule has 0 spiro atoms. The number of likely N-dealkylation sites (tertiary alicyclic amines) is 1. The molecule has 30 heavy (non-hydrogen) atoms. The Kier molecular flexibility index (Phi) is 7.60. The Morgan fingerprint density at radius 1 is 1.30 bits per heavy atom. The largest absolute Gasteiger partial charge is 0.490 e. The first-order valence-electron chi connectivity index (χ1n) is 9.37. The first kappa shape index (κ1) is 23.4. The molecule has 3 rings (SSSR count). The van der Waals surface area contributed by atoms with Crippen LogP contribution in [0, 0.1) is 6.92 Å². The second-order valence-electron chi connectivity index (χ2n) is 7.11. The summed E-state index contributed by atoms with van der Waals surface area (Å²) < 4.78 is 31.7. The van der Waals surface area contributed by atoms with Gasteiger partial charge in [-0.1, -0.05) is 12.1 Å². The third kappa shape index (κ3) is 6.06. The van der Waals surface area contributed by atoms with E-state index in [1.54, 1.807) is 4.90 Å². The first-order valence-corrected chi connectivity index (χ1v) is 9.37. The number of carboxylic acid groups (broad SMARTS) is 1. The van der Waals surface area contributed by atoms with Crippen LogP contribution in [0.1, 0.15) is 25.3 Å². The number of halogens is 3. The van der Waals surface area contributed by atoms with Gasteiger partial charge in [0.1, 0.15) is 6.10 Å². The number of nitrogens with zero attached hydrogens (tertiary/aromatic N) is 2. The summed E-state index contributed by atoms with van der Waals surface area (Å²) >= 11 is 0. The number of pyridine rings is 1. The SMILES string of the molecule is Cc1cncc2cccc(NC3CCCN(C(=O)[C@H](C)O)C3)c12.O=C(O)C(F)(F)F. The van der Waals surface area contributed by atoms with Crippen LogP contribution in [-0.4, -0.2) is 63.4 Å². The number of benzene rings is 1. The molecule has 7 nitrogen and oxygen atoms in total. The molecule has 1 aromatic carbocycles. The molecule has 1 fully saturated rings. The molecular formula is C20H24F3N3O4. The van der Waals surface area contributed by atoms with Crippen LogP contribution in [0.25, 0.3) is 10.8 Å². The van der Waals surface area contributed by atoms with Gasteiger partial charge in [-0.05, 0) is 38.3 Å². The minimum atomic E-state index is -5.08. The number of aliphatic hydroxyl groups is 1. The topological polar surface area (TPSA) is 103 Å². The predicted octanol–water partition coefficient (Wildman–Crippen LogP) is 2.96. The monoisotopic (exact) mass is 427 g/mol. The average Bonchev–Trinajstić information content (AvgIpc) is 2.67. The van der Waals surface area contributed by atoms with Crippen LogP contribution in [0.2, 0.25) is 0 Å². The number of hydrogen-bond acceptors (Lipinski definition) is 5. The van der Waals surface area contributed by atoms with Gasteiger partial charge in [-0.15, -0.1) is 0 Å². The first-order chi connectivity index (χ1) is 14.0. The smallest absolute Gasteiger partial charge is 0.475 e. The number of fused-ring (bicyclic) bond motifs is 1. The Morgan fingerprint density at radius 2 is 1.97 bits per heavy atom.